The molecular weight excluding hydrogens is 352 g/mol. The van der Waals surface area contributed by atoms with E-state index in [9.17, 15) is 31.1 Å². The first-order valence-electron chi connectivity index (χ1n) is 7.38. The number of carboxylic acids is 1. The van der Waals surface area contributed by atoms with Crippen LogP contribution in [0.2, 0.25) is 0 Å². The van der Waals surface area contributed by atoms with Crippen molar-refractivity contribution in [2.45, 2.75) is 51.0 Å². The van der Waals surface area contributed by atoms with Gasteiger partial charge in [-0.25, -0.2) is 0 Å². The van der Waals surface area contributed by atoms with E-state index in [1.807, 2.05) is 0 Å². The minimum atomic E-state index is -4.97. The zero-order valence-electron chi connectivity index (χ0n) is 13.8. The van der Waals surface area contributed by atoms with E-state index in [0.29, 0.717) is 18.2 Å². The Morgan fingerprint density at radius 3 is 1.80 bits per heavy atom. The lowest BCUT2D eigenvalue weighted by molar-refractivity contribution is -0.146. The molecule has 3 unspecified atom stereocenters. The Morgan fingerprint density at radius 2 is 1.48 bits per heavy atom. The van der Waals surface area contributed by atoms with Crippen LogP contribution in [0, 0.1) is 5.92 Å². The SMILES string of the molecule is CC(CC(C)(N)C(=O)O)C(C)c1c(C(F)(F)F)cccc1C(F)(F)F. The summed E-state index contributed by atoms with van der Waals surface area (Å²) in [7, 11) is 0. The molecule has 3 nitrogen and oxygen atoms in total. The molecule has 0 aliphatic carbocycles. The molecule has 3 atom stereocenters. The normalized spacial score (nSPS) is 17.7. The van der Waals surface area contributed by atoms with Crippen molar-refractivity contribution in [1.29, 1.82) is 0 Å². The fourth-order valence-electron chi connectivity index (χ4n) is 2.77. The highest BCUT2D eigenvalue weighted by atomic mass is 19.4. The van der Waals surface area contributed by atoms with Crippen LogP contribution in [0.15, 0.2) is 18.2 Å². The number of alkyl halides is 6. The molecule has 1 aromatic carbocycles. The zero-order chi connectivity index (χ0) is 19.8. The predicted octanol–water partition coefficient (Wildman–Crippen LogP) is 4.66. The van der Waals surface area contributed by atoms with Crippen LogP contribution in [-0.4, -0.2) is 16.6 Å². The van der Waals surface area contributed by atoms with Crippen molar-refractivity contribution in [2.75, 3.05) is 0 Å². The van der Waals surface area contributed by atoms with E-state index in [1.54, 1.807) is 0 Å². The van der Waals surface area contributed by atoms with Crippen LogP contribution in [0.25, 0.3) is 0 Å². The summed E-state index contributed by atoms with van der Waals surface area (Å²) in [4.78, 5) is 11.1. The Balaban J connectivity index is 3.45. The van der Waals surface area contributed by atoms with Gasteiger partial charge >= 0.3 is 18.3 Å². The third-order valence-electron chi connectivity index (χ3n) is 4.26. The molecule has 0 amide bonds. The maximum atomic E-state index is 13.2. The second-order valence-electron chi connectivity index (χ2n) is 6.46. The van der Waals surface area contributed by atoms with Crippen molar-refractivity contribution in [3.63, 3.8) is 0 Å². The number of nitrogens with two attached hydrogens (primary N) is 1. The first-order chi connectivity index (χ1) is 11.1. The van der Waals surface area contributed by atoms with E-state index < -0.39 is 52.4 Å². The molecule has 0 spiro atoms. The Kier molecular flexibility index (Phi) is 5.83. The lowest BCUT2D eigenvalue weighted by atomic mass is 9.77. The smallest absolute Gasteiger partial charge is 0.416 e. The second kappa shape index (κ2) is 6.86. The van der Waals surface area contributed by atoms with Crippen LogP contribution in [0.3, 0.4) is 0 Å². The molecule has 1 aromatic rings. The molecule has 0 heterocycles. The highest BCUT2D eigenvalue weighted by Gasteiger charge is 2.43. The van der Waals surface area contributed by atoms with Crippen molar-refractivity contribution >= 4 is 5.97 Å². The third-order valence-corrected chi connectivity index (χ3v) is 4.26. The highest BCUT2D eigenvalue weighted by molar-refractivity contribution is 5.77. The van der Waals surface area contributed by atoms with E-state index >= 15 is 0 Å². The average molecular weight is 371 g/mol. The number of carboxylic acid groups (broad SMARTS) is 1. The summed E-state index contributed by atoms with van der Waals surface area (Å²) >= 11 is 0. The van der Waals surface area contributed by atoms with Crippen LogP contribution >= 0.6 is 0 Å². The number of hydrogen-bond acceptors (Lipinski definition) is 2. The Morgan fingerprint density at radius 1 is 1.08 bits per heavy atom. The van der Waals surface area contributed by atoms with Crippen molar-refractivity contribution in [1.82, 2.24) is 0 Å². The summed E-state index contributed by atoms with van der Waals surface area (Å²) < 4.78 is 79.3. The quantitative estimate of drug-likeness (QED) is 0.741. The van der Waals surface area contributed by atoms with Crippen molar-refractivity contribution in [3.05, 3.63) is 34.9 Å². The summed E-state index contributed by atoms with van der Waals surface area (Å²) in [6, 6.07) is 1.89. The van der Waals surface area contributed by atoms with E-state index in [4.69, 9.17) is 10.8 Å². The largest absolute Gasteiger partial charge is 0.480 e. The van der Waals surface area contributed by atoms with Gasteiger partial charge in [0.05, 0.1) is 11.1 Å². The summed E-state index contributed by atoms with van der Waals surface area (Å²) in [6.45, 7) is 3.76. The number of rotatable bonds is 5. The molecule has 3 N–H and O–H groups in total. The second-order valence-corrected chi connectivity index (χ2v) is 6.46. The zero-order valence-corrected chi connectivity index (χ0v) is 13.8. The lowest BCUT2D eigenvalue weighted by Gasteiger charge is -2.30. The molecule has 142 valence electrons. The van der Waals surface area contributed by atoms with Crippen molar-refractivity contribution < 1.29 is 36.2 Å². The van der Waals surface area contributed by atoms with Gasteiger partial charge in [0.25, 0.3) is 0 Å². The van der Waals surface area contributed by atoms with Gasteiger partial charge in [0.1, 0.15) is 5.54 Å². The van der Waals surface area contributed by atoms with Crippen LogP contribution in [0.5, 0.6) is 0 Å². The molecule has 1 rings (SSSR count). The van der Waals surface area contributed by atoms with Gasteiger partial charge in [-0.15, -0.1) is 0 Å². The number of hydrogen-bond donors (Lipinski definition) is 2. The van der Waals surface area contributed by atoms with Gasteiger partial charge in [-0.2, -0.15) is 26.3 Å². The first kappa shape index (κ1) is 21.3. The van der Waals surface area contributed by atoms with Gasteiger partial charge in [0.15, 0.2) is 0 Å². The highest BCUT2D eigenvalue weighted by Crippen LogP contribution is 2.45. The molecule has 0 radical (unpaired) electrons. The molecular formula is C16H19F6NO2. The van der Waals surface area contributed by atoms with Crippen LogP contribution in [0.1, 0.15) is 49.8 Å². The van der Waals surface area contributed by atoms with Gasteiger partial charge in [0, 0.05) is 0 Å². The minimum absolute atomic E-state index is 0.285. The Hall–Kier alpha value is -1.77. The van der Waals surface area contributed by atoms with E-state index in [1.165, 1.54) is 20.8 Å². The molecule has 0 saturated carbocycles. The number of aliphatic carboxylic acids is 1. The molecule has 25 heavy (non-hydrogen) atoms. The number of benzene rings is 1. The Labute approximate surface area is 140 Å². The Bertz CT molecular complexity index is 604. The monoisotopic (exact) mass is 371 g/mol. The fraction of sp³-hybridized carbons (Fsp3) is 0.562. The summed E-state index contributed by atoms with van der Waals surface area (Å²) in [5.41, 5.74) is 0.165. The molecule has 9 heteroatoms. The maximum absolute atomic E-state index is 13.2. The topological polar surface area (TPSA) is 63.3 Å². The fourth-order valence-corrected chi connectivity index (χ4v) is 2.77. The van der Waals surface area contributed by atoms with Crippen molar-refractivity contribution in [3.8, 4) is 0 Å². The summed E-state index contributed by atoms with van der Waals surface area (Å²) in [5, 5.41) is 9.03. The summed E-state index contributed by atoms with van der Waals surface area (Å²) in [5.74, 6) is -3.43. The number of carbonyl (C=O) groups is 1. The van der Waals surface area contributed by atoms with Crippen LogP contribution in [0.4, 0.5) is 26.3 Å². The standard InChI is InChI=1S/C16H19F6NO2/c1-8(7-14(3,23)13(24)25)9(2)12-10(15(17,18)19)5-4-6-11(12)16(20,21)22/h4-6,8-9H,7,23H2,1-3H3,(H,24,25). The lowest BCUT2D eigenvalue weighted by Crippen LogP contribution is -2.46. The van der Waals surface area contributed by atoms with E-state index in [0.717, 1.165) is 0 Å². The van der Waals surface area contributed by atoms with Crippen LogP contribution in [-0.2, 0) is 17.1 Å². The molecule has 0 fully saturated rings. The molecule has 0 bridgehead atoms. The van der Waals surface area contributed by atoms with Gasteiger partial charge in [0.2, 0.25) is 0 Å². The third kappa shape index (κ3) is 4.87. The number of halogens is 6. The van der Waals surface area contributed by atoms with Crippen LogP contribution < -0.4 is 5.73 Å². The predicted molar refractivity (Wildman–Crippen MR) is 78.9 cm³/mol. The molecule has 0 saturated heterocycles. The minimum Gasteiger partial charge on any atom is -0.480 e. The van der Waals surface area contributed by atoms with Crippen molar-refractivity contribution in [2.24, 2.45) is 11.7 Å². The first-order valence-corrected chi connectivity index (χ1v) is 7.38. The summed E-state index contributed by atoms with van der Waals surface area (Å²) in [6.07, 6.45) is -10.2. The molecule has 0 aliphatic rings. The van der Waals surface area contributed by atoms with E-state index in [2.05, 4.69) is 0 Å². The van der Waals surface area contributed by atoms with Gasteiger partial charge in [-0.3, -0.25) is 4.79 Å². The van der Waals surface area contributed by atoms with Gasteiger partial charge in [-0.05, 0) is 42.9 Å². The maximum Gasteiger partial charge on any atom is 0.416 e. The average Bonchev–Trinajstić information content (AvgIpc) is 2.43. The van der Waals surface area contributed by atoms with Gasteiger partial charge < -0.3 is 10.8 Å². The van der Waals surface area contributed by atoms with Gasteiger partial charge in [-0.1, -0.05) is 19.9 Å². The molecule has 0 aromatic heterocycles. The molecule has 0 aliphatic heterocycles. The van der Waals surface area contributed by atoms with E-state index in [-0.39, 0.29) is 6.42 Å².